The van der Waals surface area contributed by atoms with Crippen LogP contribution < -0.4 is 0 Å². The first kappa shape index (κ1) is 17.0. The van der Waals surface area contributed by atoms with Crippen LogP contribution in [0.2, 0.25) is 0 Å². The molecule has 1 aromatic carbocycles. The minimum absolute atomic E-state index is 0.0146. The lowest BCUT2D eigenvalue weighted by atomic mass is 10.2. The number of thioether (sulfide) groups is 1. The third kappa shape index (κ3) is 4.61. The van der Waals surface area contributed by atoms with Crippen LogP contribution in [0, 0.1) is 0 Å². The van der Waals surface area contributed by atoms with Crippen molar-refractivity contribution >= 4 is 27.6 Å². The standard InChI is InChI=1S/C16H17NO5S2/c18-16(10-23-14-6-7-24(19,20)11-14)21-9-13-8-15(22-17-13)12-4-2-1-3-5-12/h1-5,8,14H,6-7,9-11H2/t14-/m1/s1. The third-order valence-electron chi connectivity index (χ3n) is 3.63. The molecule has 1 aromatic heterocycles. The molecule has 0 N–H and O–H groups in total. The maximum atomic E-state index is 11.8. The lowest BCUT2D eigenvalue weighted by Gasteiger charge is -2.06. The molecule has 2 heterocycles. The van der Waals surface area contributed by atoms with E-state index in [0.29, 0.717) is 17.9 Å². The van der Waals surface area contributed by atoms with Gasteiger partial charge in [-0.3, -0.25) is 4.79 Å². The van der Waals surface area contributed by atoms with E-state index in [1.807, 2.05) is 30.3 Å². The van der Waals surface area contributed by atoms with Gasteiger partial charge in [0.2, 0.25) is 0 Å². The number of rotatable bonds is 6. The average Bonchev–Trinajstić information content (AvgIpc) is 3.18. The fourth-order valence-electron chi connectivity index (χ4n) is 2.39. The number of hydrogen-bond donors (Lipinski definition) is 0. The largest absolute Gasteiger partial charge is 0.458 e. The first-order valence-electron chi connectivity index (χ1n) is 7.50. The van der Waals surface area contributed by atoms with Gasteiger partial charge in [0.05, 0.1) is 17.3 Å². The Morgan fingerprint density at radius 1 is 1.33 bits per heavy atom. The first-order valence-corrected chi connectivity index (χ1v) is 10.4. The van der Waals surface area contributed by atoms with Gasteiger partial charge < -0.3 is 9.26 Å². The summed E-state index contributed by atoms with van der Waals surface area (Å²) in [7, 11) is -2.92. The Labute approximate surface area is 144 Å². The van der Waals surface area contributed by atoms with Crippen LogP contribution in [0.3, 0.4) is 0 Å². The monoisotopic (exact) mass is 367 g/mol. The zero-order valence-corrected chi connectivity index (χ0v) is 14.5. The molecule has 1 aliphatic heterocycles. The molecule has 0 spiro atoms. The Morgan fingerprint density at radius 3 is 2.83 bits per heavy atom. The van der Waals surface area contributed by atoms with Crippen LogP contribution in [0.5, 0.6) is 0 Å². The summed E-state index contributed by atoms with van der Waals surface area (Å²) in [4.78, 5) is 11.8. The van der Waals surface area contributed by atoms with Crippen LogP contribution in [0.4, 0.5) is 0 Å². The fourth-order valence-corrected chi connectivity index (χ4v) is 5.83. The van der Waals surface area contributed by atoms with E-state index in [-0.39, 0.29) is 35.1 Å². The van der Waals surface area contributed by atoms with Crippen LogP contribution in [0.1, 0.15) is 12.1 Å². The van der Waals surface area contributed by atoms with Crippen LogP contribution in [0.25, 0.3) is 11.3 Å². The summed E-state index contributed by atoms with van der Waals surface area (Å²) < 4.78 is 33.1. The highest BCUT2D eigenvalue weighted by Crippen LogP contribution is 2.24. The van der Waals surface area contributed by atoms with E-state index >= 15 is 0 Å². The molecular weight excluding hydrogens is 350 g/mol. The maximum Gasteiger partial charge on any atom is 0.316 e. The minimum atomic E-state index is -2.92. The summed E-state index contributed by atoms with van der Waals surface area (Å²) in [5.41, 5.74) is 1.44. The summed E-state index contributed by atoms with van der Waals surface area (Å²) in [6.45, 7) is 0.0404. The van der Waals surface area contributed by atoms with Crippen molar-refractivity contribution in [3.05, 3.63) is 42.1 Å². The number of carbonyl (C=O) groups excluding carboxylic acids is 1. The Kier molecular flexibility index (Phi) is 5.25. The van der Waals surface area contributed by atoms with E-state index in [0.717, 1.165) is 5.56 Å². The van der Waals surface area contributed by atoms with Crippen molar-refractivity contribution < 1.29 is 22.5 Å². The van der Waals surface area contributed by atoms with Crippen LogP contribution in [0.15, 0.2) is 40.9 Å². The van der Waals surface area contributed by atoms with Gasteiger partial charge in [-0.1, -0.05) is 35.5 Å². The van der Waals surface area contributed by atoms with Crippen molar-refractivity contribution in [2.45, 2.75) is 18.3 Å². The second-order valence-electron chi connectivity index (χ2n) is 5.55. The highest BCUT2D eigenvalue weighted by atomic mass is 32.2. The molecule has 0 aliphatic carbocycles. The van der Waals surface area contributed by atoms with E-state index in [1.54, 1.807) is 6.07 Å². The minimum Gasteiger partial charge on any atom is -0.458 e. The number of aromatic nitrogens is 1. The molecule has 2 aromatic rings. The van der Waals surface area contributed by atoms with Crippen molar-refractivity contribution in [2.75, 3.05) is 17.3 Å². The smallest absolute Gasteiger partial charge is 0.316 e. The van der Waals surface area contributed by atoms with E-state index in [1.165, 1.54) is 11.8 Å². The first-order chi connectivity index (χ1) is 11.5. The molecule has 0 amide bonds. The molecule has 24 heavy (non-hydrogen) atoms. The molecule has 1 atom stereocenters. The highest BCUT2D eigenvalue weighted by molar-refractivity contribution is 8.02. The van der Waals surface area contributed by atoms with Gasteiger partial charge in [0, 0.05) is 16.9 Å². The fraction of sp³-hybridized carbons (Fsp3) is 0.375. The summed E-state index contributed by atoms with van der Waals surface area (Å²) in [6.07, 6.45) is 0.601. The lowest BCUT2D eigenvalue weighted by molar-refractivity contribution is -0.141. The molecule has 0 unspecified atom stereocenters. The number of ether oxygens (including phenoxy) is 1. The SMILES string of the molecule is O=C(CS[C@@H]1CCS(=O)(=O)C1)OCc1cc(-c2ccccc2)on1. The third-order valence-corrected chi connectivity index (χ3v) is 6.88. The second kappa shape index (κ2) is 7.40. The molecule has 128 valence electrons. The summed E-state index contributed by atoms with van der Waals surface area (Å²) in [5.74, 6) is 0.736. The predicted molar refractivity (Wildman–Crippen MR) is 91.3 cm³/mol. The number of hydrogen-bond acceptors (Lipinski definition) is 7. The summed E-state index contributed by atoms with van der Waals surface area (Å²) >= 11 is 1.33. The molecular formula is C16H17NO5S2. The molecule has 3 rings (SSSR count). The lowest BCUT2D eigenvalue weighted by Crippen LogP contribution is -2.12. The normalized spacial score (nSPS) is 19.2. The molecule has 1 aliphatic rings. The quantitative estimate of drug-likeness (QED) is 0.724. The van der Waals surface area contributed by atoms with Crippen LogP contribution >= 0.6 is 11.8 Å². The molecule has 8 heteroatoms. The Balaban J connectivity index is 1.44. The van der Waals surface area contributed by atoms with Crippen LogP contribution in [-0.2, 0) is 26.0 Å². The van der Waals surface area contributed by atoms with Gasteiger partial charge in [-0.2, -0.15) is 0 Å². The van der Waals surface area contributed by atoms with Crippen LogP contribution in [-0.4, -0.2) is 42.1 Å². The van der Waals surface area contributed by atoms with E-state index in [4.69, 9.17) is 9.26 Å². The number of carbonyl (C=O) groups is 1. The molecule has 6 nitrogen and oxygen atoms in total. The maximum absolute atomic E-state index is 11.8. The van der Waals surface area contributed by atoms with Crippen molar-refractivity contribution in [2.24, 2.45) is 0 Å². The summed E-state index contributed by atoms with van der Waals surface area (Å²) in [6, 6.07) is 11.3. The molecule has 0 bridgehead atoms. The Morgan fingerprint density at radius 2 is 2.12 bits per heavy atom. The predicted octanol–water partition coefficient (Wildman–Crippen LogP) is 2.31. The second-order valence-corrected chi connectivity index (χ2v) is 9.06. The number of benzene rings is 1. The van der Waals surface area contributed by atoms with Gasteiger partial charge in [-0.15, -0.1) is 11.8 Å². The van der Waals surface area contributed by atoms with Gasteiger partial charge in [-0.25, -0.2) is 8.42 Å². The van der Waals surface area contributed by atoms with Gasteiger partial charge in [0.15, 0.2) is 15.6 Å². The molecule has 1 saturated heterocycles. The zero-order chi connectivity index (χ0) is 17.0. The number of esters is 1. The van der Waals surface area contributed by atoms with Gasteiger partial charge in [0.1, 0.15) is 12.3 Å². The van der Waals surface area contributed by atoms with Crippen molar-refractivity contribution in [1.29, 1.82) is 0 Å². The molecule has 0 radical (unpaired) electrons. The van der Waals surface area contributed by atoms with Gasteiger partial charge in [-0.05, 0) is 6.42 Å². The average molecular weight is 367 g/mol. The number of nitrogens with zero attached hydrogens (tertiary/aromatic N) is 1. The molecule has 1 fully saturated rings. The van der Waals surface area contributed by atoms with Crippen molar-refractivity contribution in [1.82, 2.24) is 5.16 Å². The summed E-state index contributed by atoms with van der Waals surface area (Å²) in [5, 5.41) is 3.87. The van der Waals surface area contributed by atoms with Crippen molar-refractivity contribution in [3.8, 4) is 11.3 Å². The van der Waals surface area contributed by atoms with Gasteiger partial charge >= 0.3 is 5.97 Å². The zero-order valence-electron chi connectivity index (χ0n) is 12.9. The van der Waals surface area contributed by atoms with Gasteiger partial charge in [0.25, 0.3) is 0 Å². The topological polar surface area (TPSA) is 86.5 Å². The van der Waals surface area contributed by atoms with Crippen molar-refractivity contribution in [3.63, 3.8) is 0 Å². The number of sulfone groups is 1. The van der Waals surface area contributed by atoms with E-state index < -0.39 is 9.84 Å². The van der Waals surface area contributed by atoms with E-state index in [9.17, 15) is 13.2 Å². The van der Waals surface area contributed by atoms with E-state index in [2.05, 4.69) is 5.16 Å². The molecule has 0 saturated carbocycles. The highest BCUT2D eigenvalue weighted by Gasteiger charge is 2.28. The Hall–Kier alpha value is -1.80. The Bertz CT molecular complexity index is 801.